The van der Waals surface area contributed by atoms with Crippen LogP contribution in [0.1, 0.15) is 5.56 Å². The maximum Gasteiger partial charge on any atom is 0.238 e. The fourth-order valence-electron chi connectivity index (χ4n) is 2.36. The first-order valence-corrected chi connectivity index (χ1v) is 6.51. The monoisotopic (exact) mass is 247 g/mol. The van der Waals surface area contributed by atoms with Crippen LogP contribution in [0.25, 0.3) is 0 Å². The van der Waals surface area contributed by atoms with E-state index < -0.39 is 0 Å². The van der Waals surface area contributed by atoms with Gasteiger partial charge >= 0.3 is 0 Å². The zero-order valence-electron chi connectivity index (χ0n) is 10.9. The fraction of sp³-hybridized carbons (Fsp3) is 0.500. The van der Waals surface area contributed by atoms with Crippen LogP contribution in [0.2, 0.25) is 0 Å². The average molecular weight is 247 g/mol. The molecule has 0 saturated carbocycles. The Morgan fingerprint density at radius 2 is 2.22 bits per heavy atom. The third-order valence-corrected chi connectivity index (χ3v) is 3.43. The van der Waals surface area contributed by atoms with Crippen LogP contribution < -0.4 is 10.6 Å². The second kappa shape index (κ2) is 6.52. The van der Waals surface area contributed by atoms with E-state index in [0.29, 0.717) is 0 Å². The van der Waals surface area contributed by atoms with Crippen LogP contribution in [0.3, 0.4) is 0 Å². The zero-order chi connectivity index (χ0) is 12.8. The third-order valence-electron chi connectivity index (χ3n) is 3.43. The molecule has 1 saturated heterocycles. The summed E-state index contributed by atoms with van der Waals surface area (Å²) in [4.78, 5) is 14.1. The minimum absolute atomic E-state index is 0.0348. The van der Waals surface area contributed by atoms with E-state index >= 15 is 0 Å². The number of nitrogens with zero attached hydrogens (tertiary/aromatic N) is 1. The molecule has 0 aliphatic carbocycles. The van der Waals surface area contributed by atoms with Gasteiger partial charge in [-0.25, -0.2) is 0 Å². The molecule has 2 N–H and O–H groups in total. The second-order valence-corrected chi connectivity index (χ2v) is 4.61. The molecular weight excluding hydrogens is 226 g/mol. The van der Waals surface area contributed by atoms with Crippen molar-refractivity contribution in [2.75, 3.05) is 33.2 Å². The van der Waals surface area contributed by atoms with E-state index in [9.17, 15) is 4.79 Å². The van der Waals surface area contributed by atoms with Gasteiger partial charge in [0.05, 0.1) is 0 Å². The predicted molar refractivity (Wildman–Crippen MR) is 72.4 cm³/mol. The summed E-state index contributed by atoms with van der Waals surface area (Å²) in [5.41, 5.74) is 1.33. The molecule has 1 atom stereocenters. The molecule has 0 aromatic heterocycles. The summed E-state index contributed by atoms with van der Waals surface area (Å²) in [5, 5.41) is 6.02. The number of hydrogen-bond donors (Lipinski definition) is 2. The second-order valence-electron chi connectivity index (χ2n) is 4.61. The van der Waals surface area contributed by atoms with E-state index in [2.05, 4.69) is 39.8 Å². The maximum atomic E-state index is 11.8. The van der Waals surface area contributed by atoms with Crippen LogP contribution in [0, 0.1) is 0 Å². The minimum atomic E-state index is -0.0348. The van der Waals surface area contributed by atoms with Gasteiger partial charge in [0.15, 0.2) is 0 Å². The summed E-state index contributed by atoms with van der Waals surface area (Å²) in [6.45, 7) is 3.57. The van der Waals surface area contributed by atoms with Crippen LogP contribution in [-0.2, 0) is 11.2 Å². The van der Waals surface area contributed by atoms with Crippen LogP contribution in [-0.4, -0.2) is 50.1 Å². The summed E-state index contributed by atoms with van der Waals surface area (Å²) in [6.07, 6.45) is 0.994. The highest BCUT2D eigenvalue weighted by atomic mass is 16.2. The summed E-state index contributed by atoms with van der Waals surface area (Å²) in [5.74, 6) is 0.107. The van der Waals surface area contributed by atoms with E-state index in [1.807, 2.05) is 6.07 Å². The van der Waals surface area contributed by atoms with Gasteiger partial charge < -0.3 is 10.6 Å². The molecule has 2 rings (SSSR count). The van der Waals surface area contributed by atoms with Crippen molar-refractivity contribution < 1.29 is 4.79 Å². The highest BCUT2D eigenvalue weighted by Gasteiger charge is 2.27. The first-order chi connectivity index (χ1) is 8.81. The SMILES string of the molecule is CNC(=O)C1CNCCN1CCc1ccccc1. The molecule has 4 heteroatoms. The molecule has 1 amide bonds. The van der Waals surface area contributed by atoms with Gasteiger partial charge in [-0.3, -0.25) is 9.69 Å². The van der Waals surface area contributed by atoms with Crippen LogP contribution in [0.15, 0.2) is 30.3 Å². The number of carbonyl (C=O) groups excluding carboxylic acids is 1. The van der Waals surface area contributed by atoms with Crippen LogP contribution in [0.5, 0.6) is 0 Å². The molecule has 0 radical (unpaired) electrons. The first-order valence-electron chi connectivity index (χ1n) is 6.51. The van der Waals surface area contributed by atoms with Gasteiger partial charge in [-0.05, 0) is 12.0 Å². The number of likely N-dealkylation sites (N-methyl/N-ethyl adjacent to an activating group) is 1. The first kappa shape index (κ1) is 13.1. The van der Waals surface area contributed by atoms with Gasteiger partial charge in [0.25, 0.3) is 0 Å². The number of hydrogen-bond acceptors (Lipinski definition) is 3. The van der Waals surface area contributed by atoms with Crippen molar-refractivity contribution in [1.29, 1.82) is 0 Å². The Morgan fingerprint density at radius 3 is 2.94 bits per heavy atom. The Balaban J connectivity index is 1.91. The molecule has 98 valence electrons. The Labute approximate surface area is 108 Å². The van der Waals surface area contributed by atoms with Gasteiger partial charge in [0.2, 0.25) is 5.91 Å². The summed E-state index contributed by atoms with van der Waals surface area (Å²) < 4.78 is 0. The number of piperazine rings is 1. The van der Waals surface area contributed by atoms with E-state index in [4.69, 9.17) is 0 Å². The molecule has 1 heterocycles. The molecule has 1 aliphatic heterocycles. The number of nitrogens with one attached hydrogen (secondary N) is 2. The molecule has 1 fully saturated rings. The lowest BCUT2D eigenvalue weighted by Gasteiger charge is -2.34. The lowest BCUT2D eigenvalue weighted by Crippen LogP contribution is -2.57. The largest absolute Gasteiger partial charge is 0.358 e. The van der Waals surface area contributed by atoms with E-state index in [1.54, 1.807) is 7.05 Å². The van der Waals surface area contributed by atoms with Crippen molar-refractivity contribution in [3.05, 3.63) is 35.9 Å². The molecule has 1 aromatic rings. The van der Waals surface area contributed by atoms with E-state index in [1.165, 1.54) is 5.56 Å². The van der Waals surface area contributed by atoms with Crippen LogP contribution in [0.4, 0.5) is 0 Å². The number of rotatable bonds is 4. The standard InChI is InChI=1S/C14H21N3O/c1-15-14(18)13-11-16-8-10-17(13)9-7-12-5-3-2-4-6-12/h2-6,13,16H,7-11H2,1H3,(H,15,18). The molecule has 0 spiro atoms. The predicted octanol–water partition coefficient (Wildman–Crippen LogP) is 0.249. The highest BCUT2D eigenvalue weighted by Crippen LogP contribution is 2.07. The number of carbonyl (C=O) groups is 1. The van der Waals surface area contributed by atoms with Gasteiger partial charge in [0.1, 0.15) is 6.04 Å². The molecule has 1 aliphatic rings. The Bertz CT molecular complexity index is 380. The molecule has 4 nitrogen and oxygen atoms in total. The summed E-state index contributed by atoms with van der Waals surface area (Å²) in [6, 6.07) is 10.4. The smallest absolute Gasteiger partial charge is 0.238 e. The van der Waals surface area contributed by atoms with E-state index in [-0.39, 0.29) is 11.9 Å². The van der Waals surface area contributed by atoms with Gasteiger partial charge in [0, 0.05) is 33.2 Å². The number of amides is 1. The van der Waals surface area contributed by atoms with Crippen molar-refractivity contribution >= 4 is 5.91 Å². The zero-order valence-corrected chi connectivity index (χ0v) is 10.9. The van der Waals surface area contributed by atoms with Crippen molar-refractivity contribution in [3.63, 3.8) is 0 Å². The van der Waals surface area contributed by atoms with E-state index in [0.717, 1.165) is 32.6 Å². The summed E-state index contributed by atoms with van der Waals surface area (Å²) in [7, 11) is 1.70. The molecule has 18 heavy (non-hydrogen) atoms. The van der Waals surface area contributed by atoms with Gasteiger partial charge in [-0.15, -0.1) is 0 Å². The summed E-state index contributed by atoms with van der Waals surface area (Å²) >= 11 is 0. The molecular formula is C14H21N3O. The lowest BCUT2D eigenvalue weighted by molar-refractivity contribution is -0.126. The van der Waals surface area contributed by atoms with Gasteiger partial charge in [-0.2, -0.15) is 0 Å². The van der Waals surface area contributed by atoms with Crippen molar-refractivity contribution in [3.8, 4) is 0 Å². The quantitative estimate of drug-likeness (QED) is 0.801. The third kappa shape index (κ3) is 3.31. The Kier molecular flexibility index (Phi) is 4.73. The topological polar surface area (TPSA) is 44.4 Å². The average Bonchev–Trinajstić information content (AvgIpc) is 2.45. The normalized spacial score (nSPS) is 20.6. The maximum absolute atomic E-state index is 11.8. The van der Waals surface area contributed by atoms with Crippen LogP contribution >= 0.6 is 0 Å². The minimum Gasteiger partial charge on any atom is -0.358 e. The highest BCUT2D eigenvalue weighted by molar-refractivity contribution is 5.81. The van der Waals surface area contributed by atoms with Crippen molar-refractivity contribution in [1.82, 2.24) is 15.5 Å². The Hall–Kier alpha value is -1.39. The van der Waals surface area contributed by atoms with Crippen molar-refractivity contribution in [2.45, 2.75) is 12.5 Å². The fourth-order valence-corrected chi connectivity index (χ4v) is 2.36. The Morgan fingerprint density at radius 1 is 1.44 bits per heavy atom. The molecule has 1 unspecified atom stereocenters. The lowest BCUT2D eigenvalue weighted by atomic mass is 10.1. The van der Waals surface area contributed by atoms with Crippen molar-refractivity contribution in [2.24, 2.45) is 0 Å². The molecule has 0 bridgehead atoms. The molecule has 1 aromatic carbocycles. The van der Waals surface area contributed by atoms with Gasteiger partial charge in [-0.1, -0.05) is 30.3 Å². The number of benzene rings is 1.